The van der Waals surface area contributed by atoms with Crippen molar-refractivity contribution in [2.75, 3.05) is 0 Å². The lowest BCUT2D eigenvalue weighted by molar-refractivity contribution is -0.137. The molecule has 3 aromatic rings. The summed E-state index contributed by atoms with van der Waals surface area (Å²) in [4.78, 5) is 12.8. The monoisotopic (exact) mass is 372 g/mol. The SMILES string of the molecule is Cc1coc(C)c1-c1cc(C(F)(F)F)c(C#N)c(=O)n1Cc1ccccc1. The topological polar surface area (TPSA) is 58.9 Å². The van der Waals surface area contributed by atoms with E-state index in [0.29, 0.717) is 16.9 Å². The molecule has 0 bridgehead atoms. The molecule has 2 heterocycles. The maximum Gasteiger partial charge on any atom is 0.417 e. The Bertz CT molecular complexity index is 1070. The molecule has 0 aliphatic carbocycles. The zero-order valence-corrected chi connectivity index (χ0v) is 14.6. The number of rotatable bonds is 3. The summed E-state index contributed by atoms with van der Waals surface area (Å²) >= 11 is 0. The number of hydrogen-bond donors (Lipinski definition) is 0. The van der Waals surface area contributed by atoms with Crippen molar-refractivity contribution < 1.29 is 17.6 Å². The van der Waals surface area contributed by atoms with E-state index in [1.54, 1.807) is 44.2 Å². The van der Waals surface area contributed by atoms with E-state index in [-0.39, 0.29) is 12.2 Å². The van der Waals surface area contributed by atoms with E-state index in [9.17, 15) is 23.2 Å². The average molecular weight is 372 g/mol. The zero-order chi connectivity index (χ0) is 19.8. The van der Waals surface area contributed by atoms with E-state index in [2.05, 4.69) is 0 Å². The third kappa shape index (κ3) is 3.38. The summed E-state index contributed by atoms with van der Waals surface area (Å²) in [5.74, 6) is 0.395. The van der Waals surface area contributed by atoms with Gasteiger partial charge in [0.2, 0.25) is 0 Å². The molecule has 0 fully saturated rings. The van der Waals surface area contributed by atoms with Gasteiger partial charge in [0, 0.05) is 5.56 Å². The molecule has 7 heteroatoms. The van der Waals surface area contributed by atoms with Gasteiger partial charge in [-0.25, -0.2) is 0 Å². The van der Waals surface area contributed by atoms with E-state index in [4.69, 9.17) is 4.42 Å². The van der Waals surface area contributed by atoms with Crippen LogP contribution in [0.25, 0.3) is 11.3 Å². The van der Waals surface area contributed by atoms with Gasteiger partial charge in [-0.05, 0) is 31.0 Å². The molecule has 0 amide bonds. The van der Waals surface area contributed by atoms with Crippen LogP contribution in [0.5, 0.6) is 0 Å². The molecular weight excluding hydrogens is 357 g/mol. The summed E-state index contributed by atoms with van der Waals surface area (Å²) in [7, 11) is 0. The van der Waals surface area contributed by atoms with Gasteiger partial charge in [-0.2, -0.15) is 18.4 Å². The highest BCUT2D eigenvalue weighted by atomic mass is 19.4. The molecule has 0 aliphatic rings. The Morgan fingerprint density at radius 2 is 1.85 bits per heavy atom. The number of aryl methyl sites for hydroxylation is 2. The van der Waals surface area contributed by atoms with Crippen LogP contribution in [0.4, 0.5) is 13.2 Å². The second kappa shape index (κ2) is 6.80. The molecule has 0 spiro atoms. The predicted octanol–water partition coefficient (Wildman–Crippen LogP) is 4.66. The summed E-state index contributed by atoms with van der Waals surface area (Å²) in [6, 6.07) is 11.1. The third-order valence-electron chi connectivity index (χ3n) is 4.32. The van der Waals surface area contributed by atoms with Gasteiger partial charge in [0.15, 0.2) is 0 Å². The fourth-order valence-corrected chi connectivity index (χ4v) is 3.06. The summed E-state index contributed by atoms with van der Waals surface area (Å²) in [6.45, 7) is 3.34. The summed E-state index contributed by atoms with van der Waals surface area (Å²) in [5, 5.41) is 9.20. The van der Waals surface area contributed by atoms with Crippen LogP contribution in [0.15, 0.2) is 51.9 Å². The standard InChI is InChI=1S/C20H15F3N2O2/c1-12-11-27-13(2)18(12)17-8-16(20(21,22)23)15(9-24)19(26)25(17)10-14-6-4-3-5-7-14/h3-8,11H,10H2,1-2H3. The Kier molecular flexibility index (Phi) is 4.66. The first-order valence-electron chi connectivity index (χ1n) is 8.08. The molecule has 4 nitrogen and oxygen atoms in total. The predicted molar refractivity (Wildman–Crippen MR) is 93.1 cm³/mol. The number of furan rings is 1. The Morgan fingerprint density at radius 1 is 1.19 bits per heavy atom. The first kappa shape index (κ1) is 18.5. The smallest absolute Gasteiger partial charge is 0.417 e. The van der Waals surface area contributed by atoms with Crippen molar-refractivity contribution >= 4 is 0 Å². The molecule has 138 valence electrons. The molecule has 0 saturated heterocycles. The fraction of sp³-hybridized carbons (Fsp3) is 0.200. The van der Waals surface area contributed by atoms with Crippen molar-refractivity contribution in [3.63, 3.8) is 0 Å². The number of aromatic nitrogens is 1. The second-order valence-electron chi connectivity index (χ2n) is 6.15. The minimum atomic E-state index is -4.82. The van der Waals surface area contributed by atoms with Crippen LogP contribution in [-0.4, -0.2) is 4.57 Å². The molecule has 0 aliphatic heterocycles. The maximum absolute atomic E-state index is 13.5. The number of benzene rings is 1. The summed E-state index contributed by atoms with van der Waals surface area (Å²) in [5.41, 5.74) is -1.33. The molecule has 0 unspecified atom stereocenters. The van der Waals surface area contributed by atoms with E-state index >= 15 is 0 Å². The Hall–Kier alpha value is -3.27. The van der Waals surface area contributed by atoms with E-state index in [1.807, 2.05) is 0 Å². The molecule has 1 aromatic carbocycles. The lowest BCUT2D eigenvalue weighted by Crippen LogP contribution is -2.28. The lowest BCUT2D eigenvalue weighted by atomic mass is 10.0. The quantitative estimate of drug-likeness (QED) is 0.672. The van der Waals surface area contributed by atoms with E-state index in [1.165, 1.54) is 16.9 Å². The normalized spacial score (nSPS) is 11.4. The highest BCUT2D eigenvalue weighted by Gasteiger charge is 2.37. The van der Waals surface area contributed by atoms with Crippen molar-refractivity contribution in [2.45, 2.75) is 26.6 Å². The van der Waals surface area contributed by atoms with Crippen LogP contribution < -0.4 is 5.56 Å². The summed E-state index contributed by atoms with van der Waals surface area (Å²) in [6.07, 6.45) is -3.40. The first-order valence-corrected chi connectivity index (χ1v) is 8.08. The molecule has 0 N–H and O–H groups in total. The average Bonchev–Trinajstić information content (AvgIpc) is 2.95. The Labute approximate surface area is 153 Å². The van der Waals surface area contributed by atoms with Crippen molar-refractivity contribution in [1.29, 1.82) is 5.26 Å². The van der Waals surface area contributed by atoms with Crippen molar-refractivity contribution in [3.05, 3.63) is 81.0 Å². The number of alkyl halides is 3. The van der Waals surface area contributed by atoms with Crippen LogP contribution in [0.3, 0.4) is 0 Å². The van der Waals surface area contributed by atoms with Crippen molar-refractivity contribution in [3.8, 4) is 17.3 Å². The van der Waals surface area contributed by atoms with Gasteiger partial charge in [0.1, 0.15) is 17.4 Å². The minimum Gasteiger partial charge on any atom is -0.469 e. The van der Waals surface area contributed by atoms with Crippen LogP contribution >= 0.6 is 0 Å². The van der Waals surface area contributed by atoms with Gasteiger partial charge in [-0.15, -0.1) is 0 Å². The van der Waals surface area contributed by atoms with Crippen LogP contribution in [-0.2, 0) is 12.7 Å². The number of halogens is 3. The summed E-state index contributed by atoms with van der Waals surface area (Å²) < 4.78 is 46.9. The van der Waals surface area contributed by atoms with E-state index in [0.717, 1.165) is 11.6 Å². The van der Waals surface area contributed by atoms with Crippen molar-refractivity contribution in [2.24, 2.45) is 0 Å². The van der Waals surface area contributed by atoms with Gasteiger partial charge in [0.25, 0.3) is 5.56 Å². The second-order valence-corrected chi connectivity index (χ2v) is 6.15. The molecule has 2 aromatic heterocycles. The van der Waals surface area contributed by atoms with E-state index < -0.39 is 22.9 Å². The third-order valence-corrected chi connectivity index (χ3v) is 4.32. The largest absolute Gasteiger partial charge is 0.469 e. The van der Waals surface area contributed by atoms with Crippen molar-refractivity contribution in [1.82, 2.24) is 4.57 Å². The molecule has 0 radical (unpaired) electrons. The zero-order valence-electron chi connectivity index (χ0n) is 14.6. The fourth-order valence-electron chi connectivity index (χ4n) is 3.06. The van der Waals surface area contributed by atoms with Crippen LogP contribution in [0.1, 0.15) is 28.0 Å². The Morgan fingerprint density at radius 3 is 2.37 bits per heavy atom. The molecule has 0 atom stereocenters. The van der Waals surface area contributed by atoms with Crippen LogP contribution in [0, 0.1) is 25.2 Å². The molecule has 0 saturated carbocycles. The Balaban J connectivity index is 2.37. The molecular formula is C20H15F3N2O2. The van der Waals surface area contributed by atoms with Gasteiger partial charge in [0.05, 0.1) is 24.1 Å². The number of hydrogen-bond acceptors (Lipinski definition) is 3. The number of nitrogens with zero attached hydrogens (tertiary/aromatic N) is 2. The molecule has 3 rings (SSSR count). The highest BCUT2D eigenvalue weighted by molar-refractivity contribution is 5.68. The van der Waals surface area contributed by atoms with Crippen LogP contribution in [0.2, 0.25) is 0 Å². The molecule has 27 heavy (non-hydrogen) atoms. The maximum atomic E-state index is 13.5. The number of nitriles is 1. The van der Waals surface area contributed by atoms with Gasteiger partial charge < -0.3 is 8.98 Å². The number of pyridine rings is 1. The van der Waals surface area contributed by atoms with Gasteiger partial charge in [-0.3, -0.25) is 4.79 Å². The first-order chi connectivity index (χ1) is 12.7. The van der Waals surface area contributed by atoms with Gasteiger partial charge in [-0.1, -0.05) is 30.3 Å². The minimum absolute atomic E-state index is 0.0336. The lowest BCUT2D eigenvalue weighted by Gasteiger charge is -2.18. The van der Waals surface area contributed by atoms with Gasteiger partial charge >= 0.3 is 6.18 Å². The highest BCUT2D eigenvalue weighted by Crippen LogP contribution is 2.35.